The predicted molar refractivity (Wildman–Crippen MR) is 289 cm³/mol. The van der Waals surface area contributed by atoms with Gasteiger partial charge in [-0.25, -0.2) is 28.7 Å². The smallest absolute Gasteiger partial charge is 0.265 e. The fourth-order valence-electron chi connectivity index (χ4n) is 10.2. The molecule has 0 bridgehead atoms. The molecule has 0 aliphatic carbocycles. The normalized spacial score (nSPS) is 13.3. The lowest BCUT2D eigenvalue weighted by Gasteiger charge is -2.23. The summed E-state index contributed by atoms with van der Waals surface area (Å²) in [5.74, 6) is 0. The average molecular weight is 992 g/mol. The van der Waals surface area contributed by atoms with E-state index < -0.39 is 0 Å². The molecule has 13 rings (SSSR count). The SMILES string of the molecule is CCCCC(C)(C)c1cc(C)c(-c2cc3c(s2)c2sc(-c4sc(-c5nc6c(nc7c8ccc9c(=O)n%10c%11nc(C(C)(CC)CC)sc%11nc%10c%10ccc(c(=O)n67)c8c9%10)s5)cc4C)cc2n3C)s1. The lowest BCUT2D eigenvalue weighted by atomic mass is 9.85. The molecule has 0 aliphatic heterocycles. The fourth-order valence-corrected chi connectivity index (χ4v) is 17.8. The van der Waals surface area contributed by atoms with E-state index >= 15 is 0 Å². The van der Waals surface area contributed by atoms with E-state index in [0.717, 1.165) is 54.1 Å². The highest BCUT2D eigenvalue weighted by atomic mass is 32.1. The van der Waals surface area contributed by atoms with Gasteiger partial charge in [-0.1, -0.05) is 77.1 Å². The molecule has 336 valence electrons. The number of pyridine rings is 2. The number of hydrogen-bond acceptors (Lipinski definition) is 12. The third kappa shape index (κ3) is 5.72. The van der Waals surface area contributed by atoms with Gasteiger partial charge in [-0.05, 0) is 98.2 Å². The van der Waals surface area contributed by atoms with E-state index in [4.69, 9.17) is 19.9 Å². The zero-order valence-corrected chi connectivity index (χ0v) is 43.4. The number of nitrogens with zero attached hydrogens (tertiary/aromatic N) is 7. The molecule has 0 radical (unpaired) electrons. The number of benzene rings is 2. The molecule has 11 aromatic heterocycles. The van der Waals surface area contributed by atoms with Crippen molar-refractivity contribution in [1.29, 1.82) is 0 Å². The van der Waals surface area contributed by atoms with E-state index in [0.29, 0.717) is 38.2 Å². The molecule has 0 N–H and O–H groups in total. The summed E-state index contributed by atoms with van der Waals surface area (Å²) in [4.78, 5) is 58.6. The van der Waals surface area contributed by atoms with Crippen molar-refractivity contribution < 1.29 is 0 Å². The van der Waals surface area contributed by atoms with Gasteiger partial charge in [-0.3, -0.25) is 9.59 Å². The van der Waals surface area contributed by atoms with Crippen LogP contribution in [-0.4, -0.2) is 33.3 Å². The molecule has 0 saturated heterocycles. The monoisotopic (exact) mass is 991 g/mol. The Balaban J connectivity index is 0.878. The fraction of sp³-hybridized carbons (Fsp3) is 0.308. The van der Waals surface area contributed by atoms with Crippen LogP contribution in [-0.2, 0) is 17.9 Å². The maximum Gasteiger partial charge on any atom is 0.265 e. The Bertz CT molecular complexity index is 4330. The lowest BCUT2D eigenvalue weighted by Crippen LogP contribution is -2.19. The summed E-state index contributed by atoms with van der Waals surface area (Å²) in [7, 11) is 2.20. The first-order chi connectivity index (χ1) is 32.2. The standard InChI is InChI=1S/C52H45N7O2S6/c1-10-13-18-51(6,7)34-20-24(5)38(65-34)32-22-30-40(63-32)39-29(57(30)9)21-31(62-39)37-23(4)19-33(64-37)45-55-43-46(66-45)53-41-25-14-17-28-36-26(15-16-27(35(25)36)48(60)58(41)43)42-54-47-44(59(42)49(28)61)56-50(67-47)52(8,11-2)12-3/h14-17,19-22H,10-13,18H2,1-9H3. The van der Waals surface area contributed by atoms with Crippen LogP contribution in [0, 0.1) is 13.8 Å². The zero-order valence-electron chi connectivity index (χ0n) is 38.6. The van der Waals surface area contributed by atoms with Crippen LogP contribution < -0.4 is 11.1 Å². The van der Waals surface area contributed by atoms with Crippen molar-refractivity contribution in [1.82, 2.24) is 33.3 Å². The van der Waals surface area contributed by atoms with Crippen LogP contribution in [0.2, 0.25) is 0 Å². The number of fused-ring (bicyclic) bond motifs is 11. The number of aryl methyl sites for hydroxylation is 3. The number of thiophene rings is 4. The first kappa shape index (κ1) is 42.0. The van der Waals surface area contributed by atoms with Gasteiger partial charge in [0.2, 0.25) is 0 Å². The van der Waals surface area contributed by atoms with Gasteiger partial charge in [0.05, 0.1) is 25.3 Å². The van der Waals surface area contributed by atoms with Gasteiger partial charge < -0.3 is 4.57 Å². The molecule has 9 nitrogen and oxygen atoms in total. The van der Waals surface area contributed by atoms with Crippen molar-refractivity contribution in [2.24, 2.45) is 7.05 Å². The number of imidazole rings is 2. The molecular formula is C52H45N7O2S6. The zero-order chi connectivity index (χ0) is 46.2. The number of unbranched alkanes of at least 4 members (excludes halogenated alkanes) is 1. The highest BCUT2D eigenvalue weighted by Crippen LogP contribution is 2.51. The molecule has 0 aliphatic rings. The number of rotatable bonds is 10. The Labute approximate surface area is 408 Å². The van der Waals surface area contributed by atoms with Crippen molar-refractivity contribution in [3.63, 3.8) is 0 Å². The van der Waals surface area contributed by atoms with E-state index in [1.54, 1.807) is 31.5 Å². The van der Waals surface area contributed by atoms with Crippen LogP contribution >= 0.6 is 68.0 Å². The minimum atomic E-state index is -0.195. The highest BCUT2D eigenvalue weighted by Gasteiger charge is 2.31. The van der Waals surface area contributed by atoms with E-state index in [9.17, 15) is 9.59 Å². The molecule has 0 atom stereocenters. The van der Waals surface area contributed by atoms with Gasteiger partial charge in [0, 0.05) is 69.2 Å². The quantitative estimate of drug-likeness (QED) is 0.127. The van der Waals surface area contributed by atoms with Gasteiger partial charge in [0.15, 0.2) is 32.2 Å². The number of hydrogen-bond donors (Lipinski definition) is 0. The van der Waals surface area contributed by atoms with Crippen LogP contribution in [0.4, 0.5) is 0 Å². The van der Waals surface area contributed by atoms with Gasteiger partial charge in [0.25, 0.3) is 11.1 Å². The van der Waals surface area contributed by atoms with E-state index in [2.05, 4.69) is 91.3 Å². The first-order valence-corrected chi connectivity index (χ1v) is 27.8. The first-order valence-electron chi connectivity index (χ1n) is 22.9. The van der Waals surface area contributed by atoms with Crippen LogP contribution in [0.15, 0.2) is 58.1 Å². The Morgan fingerprint density at radius 3 is 1.70 bits per heavy atom. The van der Waals surface area contributed by atoms with Crippen molar-refractivity contribution in [2.45, 2.75) is 98.3 Å². The van der Waals surface area contributed by atoms with E-state index in [-0.39, 0.29) is 21.9 Å². The molecule has 67 heavy (non-hydrogen) atoms. The molecule has 2 aromatic carbocycles. The molecular weight excluding hydrogens is 947 g/mol. The molecule has 11 heterocycles. The minimum Gasteiger partial charge on any atom is -0.342 e. The van der Waals surface area contributed by atoms with E-state index in [1.165, 1.54) is 86.5 Å². The number of aromatic nitrogens is 7. The largest absolute Gasteiger partial charge is 0.342 e. The van der Waals surface area contributed by atoms with Crippen LogP contribution in [0.3, 0.4) is 0 Å². The summed E-state index contributed by atoms with van der Waals surface area (Å²) >= 11 is 10.6. The molecule has 0 amide bonds. The van der Waals surface area contributed by atoms with Crippen LogP contribution in [0.1, 0.15) is 94.7 Å². The van der Waals surface area contributed by atoms with Gasteiger partial charge in [-0.2, -0.15) is 0 Å². The average Bonchev–Trinajstić information content (AvgIpc) is 4.17. The number of thiazole rings is 2. The Kier molecular flexibility index (Phi) is 9.05. The van der Waals surface area contributed by atoms with Gasteiger partial charge in [0.1, 0.15) is 10.0 Å². The summed E-state index contributed by atoms with van der Waals surface area (Å²) in [6.45, 7) is 18.1. The van der Waals surface area contributed by atoms with Crippen LogP contribution in [0.5, 0.6) is 0 Å². The molecule has 0 spiro atoms. The molecule has 0 unspecified atom stereocenters. The topological polar surface area (TPSA) is 99.5 Å². The van der Waals surface area contributed by atoms with Crippen molar-refractivity contribution in [2.75, 3.05) is 0 Å². The molecule has 0 fully saturated rings. The Hall–Kier alpha value is -5.16. The van der Waals surface area contributed by atoms with Gasteiger partial charge in [-0.15, -0.1) is 45.3 Å². The second-order valence-electron chi connectivity index (χ2n) is 19.2. The molecule has 15 heteroatoms. The summed E-state index contributed by atoms with van der Waals surface area (Å²) in [6.07, 6.45) is 5.58. The molecule has 13 aromatic rings. The Morgan fingerprint density at radius 2 is 1.12 bits per heavy atom. The maximum atomic E-state index is 14.6. The second kappa shape index (κ2) is 14.4. The van der Waals surface area contributed by atoms with Crippen LogP contribution in [0.25, 0.3) is 114 Å². The summed E-state index contributed by atoms with van der Waals surface area (Å²) in [5.41, 5.74) is 7.14. The summed E-state index contributed by atoms with van der Waals surface area (Å²) < 4.78 is 8.39. The maximum absolute atomic E-state index is 14.6. The summed E-state index contributed by atoms with van der Waals surface area (Å²) in [5, 5.41) is 6.03. The van der Waals surface area contributed by atoms with Crippen molar-refractivity contribution in [3.8, 4) is 29.4 Å². The third-order valence-electron chi connectivity index (χ3n) is 14.7. The minimum absolute atomic E-state index is 0.0801. The second-order valence-corrected chi connectivity index (χ2v) is 25.4. The third-order valence-corrected chi connectivity index (χ3v) is 22.7. The van der Waals surface area contributed by atoms with Gasteiger partial charge >= 0.3 is 0 Å². The summed E-state index contributed by atoms with van der Waals surface area (Å²) in [6, 6.07) is 17.0. The van der Waals surface area contributed by atoms with Crippen molar-refractivity contribution in [3.05, 3.63) is 90.3 Å². The van der Waals surface area contributed by atoms with Crippen molar-refractivity contribution >= 4 is 153 Å². The highest BCUT2D eigenvalue weighted by molar-refractivity contribution is 7.33. The lowest BCUT2D eigenvalue weighted by molar-refractivity contribution is 0.437. The Morgan fingerprint density at radius 1 is 0.582 bits per heavy atom. The predicted octanol–water partition coefficient (Wildman–Crippen LogP) is 15.3. The molecule has 0 saturated carbocycles. The van der Waals surface area contributed by atoms with E-state index in [1.807, 2.05) is 58.3 Å².